The van der Waals surface area contributed by atoms with Gasteiger partial charge >= 0.3 is 5.97 Å². The normalized spacial score (nSPS) is 18.7. The Morgan fingerprint density at radius 3 is 2.21 bits per heavy atom. The van der Waals surface area contributed by atoms with Gasteiger partial charge in [-0.2, -0.15) is 5.26 Å². The third-order valence-electron chi connectivity index (χ3n) is 5.67. The highest BCUT2D eigenvalue weighted by molar-refractivity contribution is 5.95. The number of nitrogens with zero attached hydrogens (tertiary/aromatic N) is 1. The summed E-state index contributed by atoms with van der Waals surface area (Å²) in [4.78, 5) is 13.5. The van der Waals surface area contributed by atoms with E-state index >= 15 is 0 Å². The number of rotatable bonds is 3. The van der Waals surface area contributed by atoms with Gasteiger partial charge in [-0.15, -0.1) is 0 Å². The number of benzene rings is 2. The molecule has 1 aliphatic rings. The third kappa shape index (κ3) is 3.49. The highest BCUT2D eigenvalue weighted by atomic mass is 16.5. The van der Waals surface area contributed by atoms with E-state index in [4.69, 9.17) is 4.74 Å². The van der Waals surface area contributed by atoms with Crippen molar-refractivity contribution in [3.05, 3.63) is 76.9 Å². The number of esters is 1. The van der Waals surface area contributed by atoms with Crippen molar-refractivity contribution < 1.29 is 9.53 Å². The van der Waals surface area contributed by atoms with E-state index in [9.17, 15) is 10.1 Å². The number of hydrogen-bond donors (Lipinski definition) is 0. The van der Waals surface area contributed by atoms with Gasteiger partial charge in [0.2, 0.25) is 0 Å². The van der Waals surface area contributed by atoms with Gasteiger partial charge in [-0.3, -0.25) is 4.79 Å². The second-order valence-corrected chi connectivity index (χ2v) is 9.95. The molecule has 1 aliphatic heterocycles. The van der Waals surface area contributed by atoms with Crippen LogP contribution < -0.4 is 4.74 Å². The molecular formula is C26H29NO2. The van der Waals surface area contributed by atoms with Gasteiger partial charge in [0.1, 0.15) is 11.2 Å². The SMILES string of the molecule is C=C(C#N)CC1(c2ccccc2)C(=O)Oc2c(C(C)(C)C)cc(C(C)(C)C)cc21. The van der Waals surface area contributed by atoms with E-state index in [0.29, 0.717) is 11.3 Å². The van der Waals surface area contributed by atoms with E-state index in [1.54, 1.807) is 0 Å². The van der Waals surface area contributed by atoms with Gasteiger partial charge in [0, 0.05) is 23.1 Å². The second kappa shape index (κ2) is 6.88. The molecule has 0 saturated heterocycles. The summed E-state index contributed by atoms with van der Waals surface area (Å²) in [6.07, 6.45) is 0.205. The lowest BCUT2D eigenvalue weighted by molar-refractivity contribution is -0.136. The Labute approximate surface area is 174 Å². The molecule has 29 heavy (non-hydrogen) atoms. The van der Waals surface area contributed by atoms with Crippen molar-refractivity contribution >= 4 is 5.97 Å². The Hall–Kier alpha value is -2.86. The van der Waals surface area contributed by atoms with Crippen molar-refractivity contribution in [1.29, 1.82) is 5.26 Å². The lowest BCUT2D eigenvalue weighted by atomic mass is 9.68. The molecule has 1 unspecified atom stereocenters. The third-order valence-corrected chi connectivity index (χ3v) is 5.67. The maximum Gasteiger partial charge on any atom is 0.327 e. The van der Waals surface area contributed by atoms with E-state index in [1.165, 1.54) is 0 Å². The van der Waals surface area contributed by atoms with Gasteiger partial charge in [-0.25, -0.2) is 0 Å². The summed E-state index contributed by atoms with van der Waals surface area (Å²) in [5.41, 5.74) is 2.80. The lowest BCUT2D eigenvalue weighted by Gasteiger charge is -2.30. The van der Waals surface area contributed by atoms with Crippen LogP contribution in [0, 0.1) is 11.3 Å². The molecule has 1 atom stereocenters. The van der Waals surface area contributed by atoms with Crippen LogP contribution in [-0.4, -0.2) is 5.97 Å². The summed E-state index contributed by atoms with van der Waals surface area (Å²) in [5, 5.41) is 9.46. The fourth-order valence-electron chi connectivity index (χ4n) is 3.96. The Morgan fingerprint density at radius 2 is 1.69 bits per heavy atom. The van der Waals surface area contributed by atoms with Gasteiger partial charge < -0.3 is 4.74 Å². The summed E-state index contributed by atoms with van der Waals surface area (Å²) >= 11 is 0. The molecule has 2 aromatic carbocycles. The van der Waals surface area contributed by atoms with E-state index in [0.717, 1.165) is 22.3 Å². The summed E-state index contributed by atoms with van der Waals surface area (Å²) in [6.45, 7) is 16.8. The molecule has 0 fully saturated rings. The smallest absolute Gasteiger partial charge is 0.327 e. The Balaban J connectivity index is 2.43. The summed E-state index contributed by atoms with van der Waals surface area (Å²) in [6, 6.07) is 16.0. The molecule has 0 aromatic heterocycles. The van der Waals surface area contributed by atoms with Crippen LogP contribution >= 0.6 is 0 Å². The molecule has 0 radical (unpaired) electrons. The molecule has 0 spiro atoms. The minimum atomic E-state index is -1.06. The van der Waals surface area contributed by atoms with Crippen LogP contribution in [0.5, 0.6) is 5.75 Å². The van der Waals surface area contributed by atoms with E-state index in [1.807, 2.05) is 30.3 Å². The first-order chi connectivity index (χ1) is 13.4. The minimum Gasteiger partial charge on any atom is -0.425 e. The zero-order valence-corrected chi connectivity index (χ0v) is 18.2. The zero-order chi connectivity index (χ0) is 21.6. The Kier molecular flexibility index (Phi) is 4.95. The highest BCUT2D eigenvalue weighted by Gasteiger charge is 2.52. The highest BCUT2D eigenvalue weighted by Crippen LogP contribution is 2.52. The van der Waals surface area contributed by atoms with Crippen molar-refractivity contribution in [3.63, 3.8) is 0 Å². The van der Waals surface area contributed by atoms with Crippen LogP contribution in [-0.2, 0) is 21.0 Å². The maximum atomic E-state index is 13.5. The fourth-order valence-corrected chi connectivity index (χ4v) is 3.96. The number of hydrogen-bond acceptors (Lipinski definition) is 3. The molecule has 0 amide bonds. The standard InChI is InChI=1S/C26H29NO2/c1-17(16-27)15-26(18-11-9-8-10-12-18)21-14-19(24(2,3)4)13-20(25(5,6)7)22(21)29-23(26)28/h8-14H,1,15H2,2-7H3. The predicted octanol–water partition coefficient (Wildman–Crippen LogP) is 5.96. The van der Waals surface area contributed by atoms with Crippen molar-refractivity contribution in [2.45, 2.75) is 64.2 Å². The number of nitriles is 1. The lowest BCUT2D eigenvalue weighted by Crippen LogP contribution is -2.35. The molecule has 0 aliphatic carbocycles. The first-order valence-corrected chi connectivity index (χ1v) is 9.96. The molecule has 3 heteroatoms. The summed E-state index contributed by atoms with van der Waals surface area (Å²) in [5.74, 6) is 0.289. The molecule has 3 nitrogen and oxygen atoms in total. The number of fused-ring (bicyclic) bond motifs is 1. The first-order valence-electron chi connectivity index (χ1n) is 9.96. The molecule has 150 valence electrons. The minimum absolute atomic E-state index is 0.102. The average Bonchev–Trinajstić information content (AvgIpc) is 2.92. The van der Waals surface area contributed by atoms with Crippen molar-refractivity contribution in [2.24, 2.45) is 0 Å². The molecule has 0 N–H and O–H groups in total. The number of carbonyl (C=O) groups excluding carboxylic acids is 1. The zero-order valence-electron chi connectivity index (χ0n) is 18.2. The van der Waals surface area contributed by atoms with Crippen LogP contribution in [0.2, 0.25) is 0 Å². The number of allylic oxidation sites excluding steroid dienone is 1. The number of carbonyl (C=O) groups is 1. The van der Waals surface area contributed by atoms with Crippen LogP contribution in [0.1, 0.15) is 70.2 Å². The van der Waals surface area contributed by atoms with Gasteiger partial charge in [-0.1, -0.05) is 90.6 Å². The predicted molar refractivity (Wildman–Crippen MR) is 116 cm³/mol. The summed E-state index contributed by atoms with van der Waals surface area (Å²) < 4.78 is 5.96. The van der Waals surface area contributed by atoms with E-state index in [2.05, 4.69) is 66.3 Å². The van der Waals surface area contributed by atoms with Gasteiger partial charge in [-0.05, 0) is 22.0 Å². The quantitative estimate of drug-likeness (QED) is 0.371. The Bertz CT molecular complexity index is 1010. The van der Waals surface area contributed by atoms with E-state index in [-0.39, 0.29) is 23.2 Å². The van der Waals surface area contributed by atoms with Crippen LogP contribution in [0.15, 0.2) is 54.6 Å². The molecule has 1 heterocycles. The Morgan fingerprint density at radius 1 is 1.07 bits per heavy atom. The fraction of sp³-hybridized carbons (Fsp3) is 0.385. The monoisotopic (exact) mass is 387 g/mol. The first kappa shape index (κ1) is 20.9. The largest absolute Gasteiger partial charge is 0.425 e. The topological polar surface area (TPSA) is 50.1 Å². The van der Waals surface area contributed by atoms with Crippen molar-refractivity contribution in [3.8, 4) is 11.8 Å². The molecule has 0 saturated carbocycles. The van der Waals surface area contributed by atoms with Crippen LogP contribution in [0.4, 0.5) is 0 Å². The molecule has 0 bridgehead atoms. The number of ether oxygens (including phenoxy) is 1. The van der Waals surface area contributed by atoms with E-state index < -0.39 is 5.41 Å². The van der Waals surface area contributed by atoms with Crippen molar-refractivity contribution in [1.82, 2.24) is 0 Å². The van der Waals surface area contributed by atoms with Gasteiger partial charge in [0.05, 0.1) is 6.07 Å². The second-order valence-electron chi connectivity index (χ2n) is 9.95. The molecular weight excluding hydrogens is 358 g/mol. The van der Waals surface area contributed by atoms with Gasteiger partial charge in [0.25, 0.3) is 0 Å². The van der Waals surface area contributed by atoms with Gasteiger partial charge in [0.15, 0.2) is 0 Å². The average molecular weight is 388 g/mol. The summed E-state index contributed by atoms with van der Waals surface area (Å²) in [7, 11) is 0. The van der Waals surface area contributed by atoms with Crippen LogP contribution in [0.25, 0.3) is 0 Å². The van der Waals surface area contributed by atoms with Crippen LogP contribution in [0.3, 0.4) is 0 Å². The molecule has 2 aromatic rings. The molecule has 3 rings (SSSR count). The van der Waals surface area contributed by atoms with Crippen molar-refractivity contribution in [2.75, 3.05) is 0 Å². The maximum absolute atomic E-state index is 13.5.